The molecule has 0 spiro atoms. The number of anilines is 1. The van der Waals surface area contributed by atoms with Gasteiger partial charge >= 0.3 is 0 Å². The number of hydrogen-bond acceptors (Lipinski definition) is 4. The maximum Gasteiger partial charge on any atom is 0.273 e. The lowest BCUT2D eigenvalue weighted by Gasteiger charge is -2.49. The minimum atomic E-state index is -1.04. The van der Waals surface area contributed by atoms with Crippen molar-refractivity contribution in [2.75, 3.05) is 19.0 Å². The average molecular weight is 483 g/mol. The quantitative estimate of drug-likeness (QED) is 0.615. The van der Waals surface area contributed by atoms with Crippen LogP contribution in [0.2, 0.25) is 0 Å². The Kier molecular flexibility index (Phi) is 7.10. The standard InChI is InChI=1S/C27H38N4O4/c1-17(2)13-14-28-26(34)27(4)16-30-22-12-11-20(35-5)15-21(22)23(29-18(3)32)24(30)25(33)31(27)19-9-7-6-8-10-19/h11-12,15,17,19H,6-10,13-14,16H2,1-5H3,(H,28,34)(H,29,32)/t27-/m1/s1. The molecular weight excluding hydrogens is 444 g/mol. The van der Waals surface area contributed by atoms with Gasteiger partial charge in [0.15, 0.2) is 0 Å². The van der Waals surface area contributed by atoms with Gasteiger partial charge in [-0.1, -0.05) is 33.1 Å². The molecule has 1 aliphatic heterocycles. The van der Waals surface area contributed by atoms with Gasteiger partial charge in [-0.2, -0.15) is 0 Å². The number of nitrogens with zero attached hydrogens (tertiary/aromatic N) is 2. The van der Waals surface area contributed by atoms with Crippen LogP contribution in [-0.4, -0.2) is 52.4 Å². The van der Waals surface area contributed by atoms with Crippen LogP contribution >= 0.6 is 0 Å². The first kappa shape index (κ1) is 25.1. The normalized spacial score (nSPS) is 20.7. The lowest BCUT2D eigenvalue weighted by molar-refractivity contribution is -0.134. The molecule has 8 heteroatoms. The summed E-state index contributed by atoms with van der Waals surface area (Å²) in [7, 11) is 1.59. The van der Waals surface area contributed by atoms with E-state index < -0.39 is 5.54 Å². The molecule has 0 saturated heterocycles. The van der Waals surface area contributed by atoms with Crippen molar-refractivity contribution >= 4 is 34.3 Å². The zero-order valence-corrected chi connectivity index (χ0v) is 21.6. The van der Waals surface area contributed by atoms with Crippen molar-refractivity contribution in [1.29, 1.82) is 0 Å². The van der Waals surface area contributed by atoms with Gasteiger partial charge in [0.1, 0.15) is 17.0 Å². The number of hydrogen-bond donors (Lipinski definition) is 2. The summed E-state index contributed by atoms with van der Waals surface area (Å²) in [6.45, 7) is 8.48. The third-order valence-corrected chi connectivity index (χ3v) is 7.43. The van der Waals surface area contributed by atoms with Crippen LogP contribution in [-0.2, 0) is 16.1 Å². The van der Waals surface area contributed by atoms with Crippen molar-refractivity contribution in [3.63, 3.8) is 0 Å². The summed E-state index contributed by atoms with van der Waals surface area (Å²) in [6, 6.07) is 5.56. The molecule has 3 amide bonds. The maximum absolute atomic E-state index is 14.3. The lowest BCUT2D eigenvalue weighted by Crippen LogP contribution is -2.67. The fourth-order valence-electron chi connectivity index (χ4n) is 5.63. The first-order valence-corrected chi connectivity index (χ1v) is 12.8. The van der Waals surface area contributed by atoms with Crippen LogP contribution in [0, 0.1) is 5.92 Å². The number of ether oxygens (including phenoxy) is 1. The third-order valence-electron chi connectivity index (χ3n) is 7.43. The molecule has 1 aromatic carbocycles. The molecule has 2 aliphatic rings. The zero-order valence-electron chi connectivity index (χ0n) is 21.6. The number of nitrogens with one attached hydrogen (secondary N) is 2. The van der Waals surface area contributed by atoms with Gasteiger partial charge in [-0.15, -0.1) is 0 Å². The molecule has 35 heavy (non-hydrogen) atoms. The Balaban J connectivity index is 1.86. The van der Waals surface area contributed by atoms with E-state index >= 15 is 0 Å². The molecule has 8 nitrogen and oxygen atoms in total. The van der Waals surface area contributed by atoms with E-state index in [0.29, 0.717) is 36.1 Å². The van der Waals surface area contributed by atoms with E-state index in [1.807, 2.05) is 34.6 Å². The van der Waals surface area contributed by atoms with Crippen molar-refractivity contribution in [2.45, 2.75) is 84.3 Å². The van der Waals surface area contributed by atoms with Crippen molar-refractivity contribution < 1.29 is 19.1 Å². The molecule has 2 N–H and O–H groups in total. The first-order chi connectivity index (χ1) is 16.7. The molecular formula is C27H38N4O4. The highest BCUT2D eigenvalue weighted by atomic mass is 16.5. The van der Waals surface area contributed by atoms with Crippen LogP contribution in [0.1, 0.15) is 76.7 Å². The van der Waals surface area contributed by atoms with Crippen LogP contribution in [0.15, 0.2) is 18.2 Å². The molecule has 1 aromatic heterocycles. The van der Waals surface area contributed by atoms with Crippen molar-refractivity contribution in [1.82, 2.24) is 14.8 Å². The number of methoxy groups -OCH3 is 1. The van der Waals surface area contributed by atoms with Crippen LogP contribution in [0.5, 0.6) is 5.75 Å². The van der Waals surface area contributed by atoms with Gasteiger partial charge in [-0.25, -0.2) is 0 Å². The molecule has 4 rings (SSSR count). The zero-order chi connectivity index (χ0) is 25.3. The number of amides is 3. The van der Waals surface area contributed by atoms with E-state index in [1.54, 1.807) is 7.11 Å². The molecule has 1 fully saturated rings. The van der Waals surface area contributed by atoms with Crippen LogP contribution in [0.3, 0.4) is 0 Å². The number of benzene rings is 1. The fourth-order valence-corrected chi connectivity index (χ4v) is 5.63. The number of aromatic nitrogens is 1. The van der Waals surface area contributed by atoms with Crippen LogP contribution < -0.4 is 15.4 Å². The van der Waals surface area contributed by atoms with Crippen molar-refractivity contribution in [3.05, 3.63) is 23.9 Å². The van der Waals surface area contributed by atoms with Gasteiger partial charge in [0.2, 0.25) is 11.8 Å². The largest absolute Gasteiger partial charge is 0.497 e. The summed E-state index contributed by atoms with van der Waals surface area (Å²) in [5.74, 6) is 0.529. The Morgan fingerprint density at radius 2 is 1.91 bits per heavy atom. The fraction of sp³-hybridized carbons (Fsp3) is 0.593. The SMILES string of the molecule is COc1ccc2c(c1)c(NC(C)=O)c1n2C[C@](C)(C(=O)NCCC(C)C)N(C2CCCCC2)C1=O. The summed E-state index contributed by atoms with van der Waals surface area (Å²) in [5.41, 5.74) is 0.672. The third kappa shape index (κ3) is 4.62. The lowest BCUT2D eigenvalue weighted by atomic mass is 9.86. The Morgan fingerprint density at radius 3 is 2.54 bits per heavy atom. The van der Waals surface area contributed by atoms with E-state index in [2.05, 4.69) is 24.5 Å². The first-order valence-electron chi connectivity index (χ1n) is 12.8. The second-order valence-electron chi connectivity index (χ2n) is 10.6. The Labute approximate surface area is 207 Å². The summed E-state index contributed by atoms with van der Waals surface area (Å²) in [4.78, 5) is 42.0. The Hall–Kier alpha value is -3.03. The van der Waals surface area contributed by atoms with Gasteiger partial charge in [-0.3, -0.25) is 14.4 Å². The summed E-state index contributed by atoms with van der Waals surface area (Å²) >= 11 is 0. The maximum atomic E-state index is 14.3. The average Bonchev–Trinajstić information content (AvgIpc) is 3.11. The molecule has 1 aliphatic carbocycles. The molecule has 0 unspecified atom stereocenters. The van der Waals surface area contributed by atoms with Gasteiger partial charge in [-0.05, 0) is 50.3 Å². The molecule has 2 aromatic rings. The molecule has 0 radical (unpaired) electrons. The molecule has 2 heterocycles. The highest BCUT2D eigenvalue weighted by Gasteiger charge is 2.51. The summed E-state index contributed by atoms with van der Waals surface area (Å²) in [5, 5.41) is 6.75. The molecule has 0 bridgehead atoms. The van der Waals surface area contributed by atoms with Crippen molar-refractivity contribution in [2.24, 2.45) is 5.92 Å². The van der Waals surface area contributed by atoms with Gasteiger partial charge in [0, 0.05) is 24.9 Å². The van der Waals surface area contributed by atoms with Gasteiger partial charge in [0.25, 0.3) is 5.91 Å². The van der Waals surface area contributed by atoms with Gasteiger partial charge < -0.3 is 24.8 Å². The topological polar surface area (TPSA) is 92.7 Å². The molecule has 1 saturated carbocycles. The van der Waals surface area contributed by atoms with E-state index in [0.717, 1.165) is 49.4 Å². The predicted octanol–water partition coefficient (Wildman–Crippen LogP) is 4.32. The van der Waals surface area contributed by atoms with E-state index in [-0.39, 0.29) is 23.8 Å². The van der Waals surface area contributed by atoms with E-state index in [9.17, 15) is 14.4 Å². The Bertz CT molecular complexity index is 1130. The van der Waals surface area contributed by atoms with Crippen LogP contribution in [0.4, 0.5) is 5.69 Å². The second kappa shape index (κ2) is 9.91. The number of carbonyl (C=O) groups is 3. The summed E-state index contributed by atoms with van der Waals surface area (Å²) in [6.07, 6.45) is 5.86. The van der Waals surface area contributed by atoms with E-state index in [4.69, 9.17) is 4.74 Å². The second-order valence-corrected chi connectivity index (χ2v) is 10.6. The number of fused-ring (bicyclic) bond motifs is 3. The smallest absolute Gasteiger partial charge is 0.273 e. The van der Waals surface area contributed by atoms with Crippen LogP contribution in [0.25, 0.3) is 10.9 Å². The highest BCUT2D eigenvalue weighted by Crippen LogP contribution is 2.42. The monoisotopic (exact) mass is 482 g/mol. The van der Waals surface area contributed by atoms with Crippen molar-refractivity contribution in [3.8, 4) is 5.75 Å². The van der Waals surface area contributed by atoms with Gasteiger partial charge in [0.05, 0.1) is 24.9 Å². The number of carbonyl (C=O) groups excluding carboxylic acids is 3. The molecule has 190 valence electrons. The summed E-state index contributed by atoms with van der Waals surface area (Å²) < 4.78 is 7.33. The predicted molar refractivity (Wildman–Crippen MR) is 137 cm³/mol. The van der Waals surface area contributed by atoms with E-state index in [1.165, 1.54) is 6.92 Å². The Morgan fingerprint density at radius 1 is 1.20 bits per heavy atom. The minimum absolute atomic E-state index is 0.0106. The minimum Gasteiger partial charge on any atom is -0.497 e. The number of rotatable bonds is 7. The highest BCUT2D eigenvalue weighted by molar-refractivity contribution is 6.14. The molecule has 1 atom stereocenters.